The third-order valence-corrected chi connectivity index (χ3v) is 27.8. The van der Waals surface area contributed by atoms with Crippen molar-refractivity contribution < 1.29 is 28.7 Å². The van der Waals surface area contributed by atoms with Crippen LogP contribution in [0.3, 0.4) is 0 Å². The lowest BCUT2D eigenvalue weighted by molar-refractivity contribution is 0.0483. The van der Waals surface area contributed by atoms with E-state index in [-0.39, 0.29) is 98.7 Å². The summed E-state index contributed by atoms with van der Waals surface area (Å²) in [5.41, 5.74) is 29.7. The van der Waals surface area contributed by atoms with Crippen molar-refractivity contribution in [1.29, 1.82) is 15.8 Å². The van der Waals surface area contributed by atoms with Crippen LogP contribution in [0.25, 0.3) is 0 Å². The van der Waals surface area contributed by atoms with Crippen molar-refractivity contribution in [2.45, 2.75) is 215 Å². The van der Waals surface area contributed by atoms with Crippen LogP contribution in [-0.2, 0) is 4.74 Å². The number of nitriles is 3. The van der Waals surface area contributed by atoms with Gasteiger partial charge < -0.3 is 89.0 Å². The largest absolute Gasteiger partial charge is 0.444 e. The summed E-state index contributed by atoms with van der Waals surface area (Å²) in [4.78, 5) is 114. The number of ether oxygens (including phenoxy) is 1. The van der Waals surface area contributed by atoms with Gasteiger partial charge in [0.15, 0.2) is 56.2 Å². The third kappa shape index (κ3) is 35.2. The molecule has 39 nitrogen and oxygen atoms in total. The number of rotatable bonds is 18. The number of nitrogen functional groups attached to an aromatic ring is 1. The average Bonchev–Trinajstić information content (AvgIpc) is 1.83. The lowest BCUT2D eigenvalue weighted by Gasteiger charge is -2.40. The Labute approximate surface area is 883 Å². The molecule has 0 spiro atoms. The fourth-order valence-corrected chi connectivity index (χ4v) is 18.6. The molecule has 0 unspecified atom stereocenters. The Morgan fingerprint density at radius 1 is 0.486 bits per heavy atom. The molecule has 0 aliphatic carbocycles. The molecule has 144 heavy (non-hydrogen) atoms. The Balaban J connectivity index is 0.000000209. The number of benzene rings is 2. The zero-order valence-electron chi connectivity index (χ0n) is 83.8. The number of aryl methyl sites for hydroxylation is 4. The molecule has 0 saturated carbocycles. The Morgan fingerprint density at radius 3 is 1.27 bits per heavy atom. The Bertz CT molecular complexity index is 6180. The third-order valence-electron chi connectivity index (χ3n) is 23.7. The van der Waals surface area contributed by atoms with Crippen molar-refractivity contribution in [3.63, 3.8) is 0 Å². The van der Waals surface area contributed by atoms with Crippen LogP contribution in [0.2, 0.25) is 15.5 Å². The van der Waals surface area contributed by atoms with Crippen molar-refractivity contribution in [1.82, 2.24) is 83.3 Å². The first-order chi connectivity index (χ1) is 67.9. The summed E-state index contributed by atoms with van der Waals surface area (Å²) in [5.74, 6) is 3.90. The number of anilines is 13. The number of nitrogens with one attached hydrogen (secondary N) is 6. The number of amides is 4. The number of aromatic nitrogens is 14. The second kappa shape index (κ2) is 56.1. The van der Waals surface area contributed by atoms with Crippen molar-refractivity contribution in [2.75, 3.05) is 112 Å². The number of carbonyl (C=O) groups excluding carboxylic acids is 5. The van der Waals surface area contributed by atoms with E-state index in [4.69, 9.17) is 84.6 Å². The number of alkyl carbamates (subject to hydrolysis) is 1. The second-order valence-electron chi connectivity index (χ2n) is 36.1. The van der Waals surface area contributed by atoms with E-state index in [1.807, 2.05) is 153 Å². The number of nitrogens with zero attached hydrogens (tertiary/aromatic N) is 23. The van der Waals surface area contributed by atoms with Crippen LogP contribution in [0.1, 0.15) is 215 Å². The maximum atomic E-state index is 12.9. The molecule has 0 radical (unpaired) electrons. The first kappa shape index (κ1) is 117. The van der Waals surface area contributed by atoms with E-state index in [1.54, 1.807) is 43.0 Å². The van der Waals surface area contributed by atoms with E-state index in [0.29, 0.717) is 70.1 Å². The zero-order valence-corrected chi connectivity index (χ0v) is 90.9. The van der Waals surface area contributed by atoms with Gasteiger partial charge in [-0.15, -0.1) is 12.4 Å². The van der Waals surface area contributed by atoms with Crippen LogP contribution < -0.4 is 84.2 Å². The molecule has 5 saturated heterocycles. The van der Waals surface area contributed by atoms with Crippen LogP contribution in [0.15, 0.2) is 104 Å². The highest BCUT2D eigenvalue weighted by molar-refractivity contribution is 7.11. The van der Waals surface area contributed by atoms with Crippen LogP contribution in [-0.4, -0.2) is 211 Å². The predicted octanol–water partition coefficient (Wildman–Crippen LogP) is 17.3. The van der Waals surface area contributed by atoms with Gasteiger partial charge in [-0.25, -0.2) is 54.6 Å². The zero-order chi connectivity index (χ0) is 105. The van der Waals surface area contributed by atoms with E-state index in [2.05, 4.69) is 173 Å². The molecule has 5 aliphatic rings. The number of halogens is 5. The molecule has 5 aliphatic heterocycles. The number of hydrogen-bond donors (Lipinski definition) is 10. The quantitative estimate of drug-likeness (QED) is 0.0357. The monoisotopic (exact) mass is 2140 g/mol. The summed E-state index contributed by atoms with van der Waals surface area (Å²) in [6.07, 6.45) is 18.1. The Hall–Kier alpha value is -12.5. The minimum atomic E-state index is -0.662. The van der Waals surface area contributed by atoms with Gasteiger partial charge in [-0.05, 0) is 296 Å². The SMILES string of the molecule is CN(C)c1ccc(C(=O)Cl)cc1.C[C@@H]1NCCC[C@@H]1NC(=O)OC(C)(C)C.C[C@H]1CCCN(c2cnc(C#N)c(Cl)n2)[C@H]1C.Cc1cc(N)sn1.Cc1cc(Nc2nc(N3CCC[C@H](C)[C@@H]3C)cnc2C#N)sn1.Cc1cc(Nc2nc(N3CCC[C@H](N)[C@@H]3C)cnc2C(N)=O)sn1.Cc1cc(Nc2nc(N3CCC[C@H](NC(=O)c4ccc(N(C)C)cc4)[C@@H]3C)cnc2C(N)=O)sn1.Cl.N#Cc1ncc(Cl)nc1Cl. The van der Waals surface area contributed by atoms with Gasteiger partial charge in [0, 0.05) is 125 Å². The summed E-state index contributed by atoms with van der Waals surface area (Å²) >= 11 is 27.3. The molecule has 5 fully saturated rings. The van der Waals surface area contributed by atoms with Crippen molar-refractivity contribution in [3.05, 3.63) is 182 Å². The van der Waals surface area contributed by atoms with Gasteiger partial charge in [0.05, 0.1) is 53.8 Å². The predicted molar refractivity (Wildman–Crippen MR) is 579 cm³/mol. The molecular weight excluding hydrogens is 2020 g/mol. The molecule has 770 valence electrons. The summed E-state index contributed by atoms with van der Waals surface area (Å²) in [6, 6.07) is 29.5. The number of carbonyl (C=O) groups is 5. The first-order valence-electron chi connectivity index (χ1n) is 46.4. The average molecular weight is 2140 g/mol. The number of primary amides is 2. The van der Waals surface area contributed by atoms with Crippen molar-refractivity contribution in [2.24, 2.45) is 29.0 Å². The highest BCUT2D eigenvalue weighted by atomic mass is 35.5. The summed E-state index contributed by atoms with van der Waals surface area (Å²) in [6.45, 7) is 33.0. The molecule has 2 aromatic carbocycles. The van der Waals surface area contributed by atoms with Gasteiger partial charge in [0.25, 0.3) is 23.0 Å². The van der Waals surface area contributed by atoms with Gasteiger partial charge >= 0.3 is 6.09 Å². The second-order valence-corrected chi connectivity index (χ2v) is 40.8. The molecule has 9 aromatic heterocycles. The maximum Gasteiger partial charge on any atom is 0.407 e. The highest BCUT2D eigenvalue weighted by Gasteiger charge is 2.35. The lowest BCUT2D eigenvalue weighted by atomic mass is 9.92. The fraction of sp³-hybridized carbons (Fsp3) is 0.458. The van der Waals surface area contributed by atoms with Gasteiger partial charge in [-0.2, -0.15) is 33.3 Å². The van der Waals surface area contributed by atoms with Crippen LogP contribution in [0.5, 0.6) is 0 Å². The first-order valence-corrected chi connectivity index (χ1v) is 51.0. The topological polar surface area (TPSA) is 542 Å². The minimum absolute atomic E-state index is 0. The summed E-state index contributed by atoms with van der Waals surface area (Å²) in [7, 11) is 7.81. The minimum Gasteiger partial charge on any atom is -0.444 e. The van der Waals surface area contributed by atoms with E-state index in [0.717, 1.165) is 150 Å². The smallest absolute Gasteiger partial charge is 0.407 e. The molecule has 4 amide bonds. The summed E-state index contributed by atoms with van der Waals surface area (Å²) in [5, 5.41) is 48.4. The van der Waals surface area contributed by atoms with E-state index in [1.165, 1.54) is 65.2 Å². The number of nitrogens with two attached hydrogens (primary N) is 4. The van der Waals surface area contributed by atoms with Gasteiger partial charge in [-0.3, -0.25) is 19.2 Å². The fourth-order valence-electron chi connectivity index (χ4n) is 15.5. The van der Waals surface area contributed by atoms with Crippen LogP contribution in [0.4, 0.5) is 76.9 Å². The molecule has 14 heterocycles. The van der Waals surface area contributed by atoms with Crippen molar-refractivity contribution >= 4 is 206 Å². The normalized spacial score (nSPS) is 18.7. The number of piperidine rings is 5. The van der Waals surface area contributed by atoms with Crippen LogP contribution in [0, 0.1) is 73.5 Å². The standard InChI is InChI=1S/C24H30N8O2S.C16H20N6S.C15H21N7OS.C12H15ClN4.C11H22N2O2.C9H10ClNO.C5HCl2N3.C4H6N2S.ClH/c1-14-12-20(35-30-14)29-23-21(22(25)33)26-13-19(28-23)32-11-5-6-18(15(32)2)27-24(34)16-7-9-17(10-8-16)31(3)4;1-10-5-4-6-22(12(10)3)14-9-18-13(8-17)16(19-14)20-15-7-11(2)21-23-15;1-8-6-12(24-21-8)20-15-13(14(17)23)18-7-11(19-15)22-5-3-4-10(16)9(22)2;1-8-4-3-5-17(9(8)2)11-7-15-10(6-14)12(13)16-11;1-8-9(6-5-7-12-8)13-10(14)15-11(2,3)4;1-11(2)8-5-3-7(4-6-8)9(10)12;6-4-2-9-3(1-8)5(7)10-4;1-3-2-4(5)7-6-3;/h7-10,12-13,15,18H,5-6,11H2,1-4H3,(H2,25,33)(H,27,34)(H,28,29);7,9-10,12H,4-6H2,1-3H3,(H,19,20);6-7,9-10H,3-5,16H2,1-2H3,(H2,17,23)(H,19,20);7-9H,3-5H2,1-2H3;8-9,12H,5-7H2,1-4H3,(H,13,14);3-6H,1-2H3;2H;2H,5H2,1H3;1H/t15-,18-;10-,12-;9-,10-;2*8-,9-;;;;/m00000..../s1. The Morgan fingerprint density at radius 2 is 0.875 bits per heavy atom. The molecule has 11 aromatic rings. The number of hydrogen-bond acceptors (Lipinski definition) is 39. The Kier molecular flexibility index (Phi) is 45.5. The van der Waals surface area contributed by atoms with Gasteiger partial charge in [-0.1, -0.05) is 48.7 Å². The van der Waals surface area contributed by atoms with Gasteiger partial charge in [0.1, 0.15) is 72.2 Å². The highest BCUT2D eigenvalue weighted by Crippen LogP contribution is 2.35. The molecule has 48 heteroatoms. The van der Waals surface area contributed by atoms with Crippen molar-refractivity contribution in [3.8, 4) is 18.2 Å². The van der Waals surface area contributed by atoms with E-state index < -0.39 is 22.7 Å². The molecule has 16 rings (SSSR count). The van der Waals surface area contributed by atoms with Gasteiger partial charge in [0.2, 0.25) is 0 Å². The van der Waals surface area contributed by atoms with E-state index in [9.17, 15) is 29.2 Å². The maximum absolute atomic E-state index is 12.9. The molecule has 14 N–H and O–H groups in total. The summed E-state index contributed by atoms with van der Waals surface area (Å²) < 4.78 is 21.8. The molecule has 10 atom stereocenters. The van der Waals surface area contributed by atoms with E-state index >= 15 is 0 Å². The lowest BCUT2D eigenvalue weighted by Crippen LogP contribution is -2.54. The molecule has 0 bridgehead atoms. The van der Waals surface area contributed by atoms with Crippen LogP contribution >= 0.6 is 105 Å². The molecular formula is C96H126Cl5N33O6S4.